The number of hydrogen-bond donors (Lipinski definition) is 2. The van der Waals surface area contributed by atoms with Crippen LogP contribution in [-0.4, -0.2) is 5.11 Å². The van der Waals surface area contributed by atoms with Gasteiger partial charge in [0.25, 0.3) is 0 Å². The maximum absolute atomic E-state index is 10.0. The second-order valence-electron chi connectivity index (χ2n) is 5.24. The molecule has 0 radical (unpaired) electrons. The molecule has 0 aromatic heterocycles. The normalized spacial score (nSPS) is 19.3. The molecular formula is C14H20ClNO. The fourth-order valence-electron chi connectivity index (χ4n) is 2.97. The molecule has 2 nitrogen and oxygen atoms in total. The highest BCUT2D eigenvalue weighted by molar-refractivity contribution is 6.31. The number of aryl methyl sites for hydroxylation is 1. The number of hydrogen-bond acceptors (Lipinski definition) is 2. The van der Waals surface area contributed by atoms with E-state index in [4.69, 9.17) is 17.3 Å². The Kier molecular flexibility index (Phi) is 3.37. The monoisotopic (exact) mass is 253 g/mol. The summed E-state index contributed by atoms with van der Waals surface area (Å²) in [6.07, 6.45) is 5.43. The molecule has 1 aromatic carbocycles. The van der Waals surface area contributed by atoms with Gasteiger partial charge in [-0.3, -0.25) is 0 Å². The molecule has 1 aromatic rings. The smallest absolute Gasteiger partial charge is 0.121 e. The fourth-order valence-corrected chi connectivity index (χ4v) is 3.46. The molecule has 0 atom stereocenters. The van der Waals surface area contributed by atoms with E-state index in [1.807, 2.05) is 19.9 Å². The summed E-state index contributed by atoms with van der Waals surface area (Å²) in [7, 11) is 0. The van der Waals surface area contributed by atoms with Gasteiger partial charge in [-0.1, -0.05) is 30.9 Å². The summed E-state index contributed by atoms with van der Waals surface area (Å²) < 4.78 is 0. The minimum absolute atomic E-state index is 0.333. The molecule has 0 saturated heterocycles. The predicted octanol–water partition coefficient (Wildman–Crippen LogP) is 3.78. The van der Waals surface area contributed by atoms with Gasteiger partial charge in [-0.05, 0) is 49.4 Å². The summed E-state index contributed by atoms with van der Waals surface area (Å²) in [4.78, 5) is 0. The van der Waals surface area contributed by atoms with Crippen molar-refractivity contribution in [1.82, 2.24) is 0 Å². The second kappa shape index (κ2) is 4.51. The van der Waals surface area contributed by atoms with Crippen molar-refractivity contribution in [2.45, 2.75) is 51.5 Å². The van der Waals surface area contributed by atoms with E-state index >= 15 is 0 Å². The number of aromatic hydroxyl groups is 1. The van der Waals surface area contributed by atoms with Gasteiger partial charge in [0, 0.05) is 10.6 Å². The van der Waals surface area contributed by atoms with Crippen molar-refractivity contribution in [2.75, 3.05) is 0 Å². The molecule has 0 bridgehead atoms. The number of rotatable bonds is 1. The molecule has 3 N–H and O–H groups in total. The first-order valence-corrected chi connectivity index (χ1v) is 6.61. The second-order valence-corrected chi connectivity index (χ2v) is 5.65. The lowest BCUT2D eigenvalue weighted by Crippen LogP contribution is -2.39. The maximum atomic E-state index is 10.0. The van der Waals surface area contributed by atoms with Crippen LogP contribution in [0.15, 0.2) is 6.07 Å². The summed E-state index contributed by atoms with van der Waals surface area (Å²) in [5, 5.41) is 10.7. The SMILES string of the molecule is Cc1cc(Cl)c(C2(N)CCCCC2)c(C)c1O. The third-order valence-corrected chi connectivity index (χ3v) is 4.23. The minimum Gasteiger partial charge on any atom is -0.507 e. The van der Waals surface area contributed by atoms with Crippen LogP contribution in [0.4, 0.5) is 0 Å². The maximum Gasteiger partial charge on any atom is 0.121 e. The van der Waals surface area contributed by atoms with Crippen LogP contribution in [-0.2, 0) is 5.54 Å². The first-order chi connectivity index (χ1) is 7.96. The summed E-state index contributed by atoms with van der Waals surface area (Å²) in [6, 6.07) is 1.82. The molecule has 0 amide bonds. The molecule has 17 heavy (non-hydrogen) atoms. The Morgan fingerprint density at radius 1 is 1.24 bits per heavy atom. The zero-order valence-electron chi connectivity index (χ0n) is 10.5. The van der Waals surface area contributed by atoms with E-state index in [0.717, 1.165) is 42.4 Å². The molecule has 0 spiro atoms. The predicted molar refractivity (Wildman–Crippen MR) is 71.5 cm³/mol. The van der Waals surface area contributed by atoms with Crippen LogP contribution in [0.25, 0.3) is 0 Å². The topological polar surface area (TPSA) is 46.2 Å². The van der Waals surface area contributed by atoms with Gasteiger partial charge in [-0.25, -0.2) is 0 Å². The zero-order valence-corrected chi connectivity index (χ0v) is 11.3. The molecule has 0 aliphatic heterocycles. The van der Waals surface area contributed by atoms with Crippen LogP contribution in [0.2, 0.25) is 5.02 Å². The van der Waals surface area contributed by atoms with Gasteiger partial charge < -0.3 is 10.8 Å². The lowest BCUT2D eigenvalue weighted by Gasteiger charge is -2.36. The molecule has 1 saturated carbocycles. The van der Waals surface area contributed by atoms with E-state index in [9.17, 15) is 5.11 Å². The van der Waals surface area contributed by atoms with Gasteiger partial charge in [0.15, 0.2) is 0 Å². The molecule has 1 fully saturated rings. The number of halogens is 1. The van der Waals surface area contributed by atoms with Crippen LogP contribution in [0.5, 0.6) is 5.75 Å². The molecule has 1 aliphatic rings. The van der Waals surface area contributed by atoms with Crippen molar-refractivity contribution in [3.8, 4) is 5.75 Å². The van der Waals surface area contributed by atoms with E-state index in [-0.39, 0.29) is 5.54 Å². The summed E-state index contributed by atoms with van der Waals surface area (Å²) in [5.74, 6) is 0.333. The van der Waals surface area contributed by atoms with Gasteiger partial charge >= 0.3 is 0 Å². The quantitative estimate of drug-likeness (QED) is 0.800. The Labute approximate surface area is 108 Å². The van der Waals surface area contributed by atoms with Crippen LogP contribution < -0.4 is 5.73 Å². The van der Waals surface area contributed by atoms with Crippen molar-refractivity contribution in [3.05, 3.63) is 27.8 Å². The lowest BCUT2D eigenvalue weighted by atomic mass is 9.75. The van der Waals surface area contributed by atoms with Gasteiger partial charge in [-0.2, -0.15) is 0 Å². The molecule has 0 heterocycles. The molecule has 3 heteroatoms. The van der Waals surface area contributed by atoms with Gasteiger partial charge in [0.05, 0.1) is 0 Å². The summed E-state index contributed by atoms with van der Waals surface area (Å²) >= 11 is 6.34. The lowest BCUT2D eigenvalue weighted by molar-refractivity contribution is 0.300. The largest absolute Gasteiger partial charge is 0.507 e. The average molecular weight is 254 g/mol. The first kappa shape index (κ1) is 12.7. The first-order valence-electron chi connectivity index (χ1n) is 6.24. The summed E-state index contributed by atoms with van der Waals surface area (Å²) in [5.41, 5.74) is 8.76. The number of phenolic OH excluding ortho intramolecular Hbond substituents is 1. The van der Waals surface area contributed by atoms with Crippen molar-refractivity contribution < 1.29 is 5.11 Å². The van der Waals surface area contributed by atoms with Crippen LogP contribution >= 0.6 is 11.6 Å². The molecule has 2 rings (SSSR count). The van der Waals surface area contributed by atoms with Gasteiger partial charge in [0.2, 0.25) is 0 Å². The minimum atomic E-state index is -0.357. The Morgan fingerprint density at radius 3 is 2.41 bits per heavy atom. The Bertz CT molecular complexity index is 436. The molecule has 94 valence electrons. The standard InChI is InChI=1S/C14H20ClNO/c1-9-8-11(15)12(10(2)13(9)17)14(16)6-4-3-5-7-14/h8,17H,3-7,16H2,1-2H3. The van der Waals surface area contributed by atoms with Crippen molar-refractivity contribution in [1.29, 1.82) is 0 Å². The highest BCUT2D eigenvalue weighted by atomic mass is 35.5. The summed E-state index contributed by atoms with van der Waals surface area (Å²) in [6.45, 7) is 3.77. The van der Waals surface area contributed by atoms with E-state index in [1.165, 1.54) is 6.42 Å². The van der Waals surface area contributed by atoms with Crippen LogP contribution in [0.3, 0.4) is 0 Å². The van der Waals surface area contributed by atoms with E-state index in [1.54, 1.807) is 0 Å². The van der Waals surface area contributed by atoms with E-state index < -0.39 is 0 Å². The Balaban J connectivity index is 2.54. The number of phenols is 1. The van der Waals surface area contributed by atoms with Crippen LogP contribution in [0.1, 0.15) is 48.8 Å². The molecule has 0 unspecified atom stereocenters. The highest BCUT2D eigenvalue weighted by Crippen LogP contribution is 2.43. The third kappa shape index (κ3) is 2.16. The third-order valence-electron chi connectivity index (χ3n) is 3.93. The number of benzene rings is 1. The average Bonchev–Trinajstić information content (AvgIpc) is 2.26. The van der Waals surface area contributed by atoms with Gasteiger partial charge in [-0.15, -0.1) is 0 Å². The molecular weight excluding hydrogens is 234 g/mol. The Hall–Kier alpha value is -0.730. The van der Waals surface area contributed by atoms with E-state index in [0.29, 0.717) is 10.8 Å². The van der Waals surface area contributed by atoms with Gasteiger partial charge in [0.1, 0.15) is 5.75 Å². The highest BCUT2D eigenvalue weighted by Gasteiger charge is 2.33. The van der Waals surface area contributed by atoms with E-state index in [2.05, 4.69) is 0 Å². The molecule has 1 aliphatic carbocycles. The van der Waals surface area contributed by atoms with Crippen molar-refractivity contribution in [2.24, 2.45) is 5.73 Å². The zero-order chi connectivity index (χ0) is 12.6. The number of nitrogens with two attached hydrogens (primary N) is 1. The van der Waals surface area contributed by atoms with Crippen molar-refractivity contribution in [3.63, 3.8) is 0 Å². The van der Waals surface area contributed by atoms with Crippen LogP contribution in [0, 0.1) is 13.8 Å². The Morgan fingerprint density at radius 2 is 1.82 bits per heavy atom. The van der Waals surface area contributed by atoms with Crippen molar-refractivity contribution >= 4 is 11.6 Å². The fraction of sp³-hybridized carbons (Fsp3) is 0.571.